The van der Waals surface area contributed by atoms with Gasteiger partial charge in [-0.15, -0.1) is 11.3 Å². The highest BCUT2D eigenvalue weighted by Gasteiger charge is 2.39. The molecular formula is C17H25N3OS. The summed E-state index contributed by atoms with van der Waals surface area (Å²) in [4.78, 5) is 21.2. The highest BCUT2D eigenvalue weighted by Crippen LogP contribution is 2.42. The molecule has 2 saturated heterocycles. The number of nitrogens with zero attached hydrogens (tertiary/aromatic N) is 3. The molecule has 2 aliphatic heterocycles. The molecular weight excluding hydrogens is 294 g/mol. The summed E-state index contributed by atoms with van der Waals surface area (Å²) < 4.78 is 0. The van der Waals surface area contributed by atoms with E-state index >= 15 is 0 Å². The van der Waals surface area contributed by atoms with Gasteiger partial charge in [0.15, 0.2) is 0 Å². The van der Waals surface area contributed by atoms with Crippen molar-refractivity contribution in [3.05, 3.63) is 16.6 Å². The average Bonchev–Trinajstić information content (AvgIpc) is 3.19. The van der Waals surface area contributed by atoms with E-state index in [1.807, 2.05) is 10.3 Å². The molecule has 0 unspecified atom stereocenters. The molecule has 1 aromatic heterocycles. The van der Waals surface area contributed by atoms with Crippen LogP contribution in [0.2, 0.25) is 0 Å². The van der Waals surface area contributed by atoms with E-state index in [1.54, 1.807) is 5.51 Å². The molecule has 1 aliphatic carbocycles. The van der Waals surface area contributed by atoms with Gasteiger partial charge in [0.2, 0.25) is 0 Å². The highest BCUT2D eigenvalue weighted by molar-refractivity contribution is 7.07. The largest absolute Gasteiger partial charge is 0.337 e. The molecule has 0 bridgehead atoms. The molecule has 0 radical (unpaired) electrons. The maximum atomic E-state index is 12.4. The molecule has 3 aliphatic rings. The van der Waals surface area contributed by atoms with Crippen LogP contribution in [-0.2, 0) is 0 Å². The number of piperidine rings is 2. The second-order valence-electron chi connectivity index (χ2n) is 7.41. The van der Waals surface area contributed by atoms with Gasteiger partial charge >= 0.3 is 0 Å². The SMILES string of the molecule is O=C(c1cscn1)N1CCC2(CCN(CC3CC3)CC2)CC1. The van der Waals surface area contributed by atoms with Gasteiger partial charge in [-0.05, 0) is 62.9 Å². The molecule has 4 nitrogen and oxygen atoms in total. The fourth-order valence-corrected chi connectivity index (χ4v) is 4.57. The second-order valence-corrected chi connectivity index (χ2v) is 8.13. The van der Waals surface area contributed by atoms with Crippen LogP contribution < -0.4 is 0 Å². The van der Waals surface area contributed by atoms with Crippen LogP contribution >= 0.6 is 11.3 Å². The maximum Gasteiger partial charge on any atom is 0.273 e. The zero-order valence-corrected chi connectivity index (χ0v) is 14.0. The minimum atomic E-state index is 0.127. The van der Waals surface area contributed by atoms with Crippen LogP contribution in [-0.4, -0.2) is 53.4 Å². The third-order valence-electron chi connectivity index (χ3n) is 5.89. The number of rotatable bonds is 3. The van der Waals surface area contributed by atoms with Crippen molar-refractivity contribution in [2.24, 2.45) is 11.3 Å². The number of carbonyl (C=O) groups is 1. The summed E-state index contributed by atoms with van der Waals surface area (Å²) in [7, 11) is 0. The number of hydrogen-bond donors (Lipinski definition) is 0. The average molecular weight is 319 g/mol. The van der Waals surface area contributed by atoms with E-state index in [0.717, 1.165) is 19.0 Å². The van der Waals surface area contributed by atoms with Crippen LogP contribution in [0, 0.1) is 11.3 Å². The standard InChI is InChI=1S/C17H25N3OS/c21-16(15-12-22-13-18-15)20-9-5-17(6-10-20)3-7-19(8-4-17)11-14-1-2-14/h12-14H,1-11H2. The predicted octanol–water partition coefficient (Wildman–Crippen LogP) is 2.87. The molecule has 3 heterocycles. The highest BCUT2D eigenvalue weighted by atomic mass is 32.1. The summed E-state index contributed by atoms with van der Waals surface area (Å²) in [5, 5.41) is 1.86. The topological polar surface area (TPSA) is 36.4 Å². The molecule has 1 spiro atoms. The lowest BCUT2D eigenvalue weighted by molar-refractivity contribution is 0.0290. The van der Waals surface area contributed by atoms with Gasteiger partial charge in [0.05, 0.1) is 5.51 Å². The van der Waals surface area contributed by atoms with Crippen LogP contribution in [0.15, 0.2) is 10.9 Å². The lowest BCUT2D eigenvalue weighted by Gasteiger charge is -2.46. The number of thiazole rings is 1. The second kappa shape index (κ2) is 5.93. The molecule has 22 heavy (non-hydrogen) atoms. The Bertz CT molecular complexity index is 508. The molecule has 5 heteroatoms. The van der Waals surface area contributed by atoms with Crippen molar-refractivity contribution >= 4 is 17.2 Å². The Balaban J connectivity index is 1.29. The number of aromatic nitrogens is 1. The summed E-state index contributed by atoms with van der Waals surface area (Å²) in [5.41, 5.74) is 2.88. The molecule has 1 saturated carbocycles. The summed E-state index contributed by atoms with van der Waals surface area (Å²) in [6.07, 6.45) is 7.93. The Morgan fingerprint density at radius 1 is 1.18 bits per heavy atom. The minimum absolute atomic E-state index is 0.127. The first-order valence-corrected chi connectivity index (χ1v) is 9.58. The number of hydrogen-bond acceptors (Lipinski definition) is 4. The molecule has 0 aromatic carbocycles. The zero-order chi connectivity index (χ0) is 15.0. The van der Waals surface area contributed by atoms with E-state index in [1.165, 1.54) is 69.5 Å². The van der Waals surface area contributed by atoms with Crippen molar-refractivity contribution in [1.29, 1.82) is 0 Å². The summed E-state index contributed by atoms with van der Waals surface area (Å²) in [6, 6.07) is 0. The van der Waals surface area contributed by atoms with E-state index in [0.29, 0.717) is 11.1 Å². The van der Waals surface area contributed by atoms with Gasteiger partial charge in [0.1, 0.15) is 5.69 Å². The summed E-state index contributed by atoms with van der Waals surface area (Å²) >= 11 is 1.50. The van der Waals surface area contributed by atoms with E-state index < -0.39 is 0 Å². The lowest BCUT2D eigenvalue weighted by Crippen LogP contribution is -2.48. The quantitative estimate of drug-likeness (QED) is 0.859. The van der Waals surface area contributed by atoms with Crippen molar-refractivity contribution in [2.75, 3.05) is 32.7 Å². The third kappa shape index (κ3) is 3.06. The van der Waals surface area contributed by atoms with Gasteiger partial charge in [-0.25, -0.2) is 4.98 Å². The van der Waals surface area contributed by atoms with Gasteiger partial charge in [-0.1, -0.05) is 0 Å². The molecule has 0 atom stereocenters. The lowest BCUT2D eigenvalue weighted by atomic mass is 9.71. The van der Waals surface area contributed by atoms with Crippen LogP contribution in [0.5, 0.6) is 0 Å². The van der Waals surface area contributed by atoms with Gasteiger partial charge < -0.3 is 9.80 Å². The number of likely N-dealkylation sites (tertiary alicyclic amines) is 2. The first-order chi connectivity index (χ1) is 10.7. The van der Waals surface area contributed by atoms with Crippen molar-refractivity contribution in [3.63, 3.8) is 0 Å². The van der Waals surface area contributed by atoms with Crippen LogP contribution in [0.3, 0.4) is 0 Å². The van der Waals surface area contributed by atoms with Crippen molar-refractivity contribution in [1.82, 2.24) is 14.8 Å². The Hall–Kier alpha value is -0.940. The van der Waals surface area contributed by atoms with E-state index in [2.05, 4.69) is 9.88 Å². The summed E-state index contributed by atoms with van der Waals surface area (Å²) in [5.74, 6) is 1.13. The van der Waals surface area contributed by atoms with Gasteiger partial charge in [0, 0.05) is 25.0 Å². The van der Waals surface area contributed by atoms with Crippen LogP contribution in [0.4, 0.5) is 0 Å². The Kier molecular flexibility index (Phi) is 3.95. The fraction of sp³-hybridized carbons (Fsp3) is 0.765. The molecule has 120 valence electrons. The Labute approximate surface area is 136 Å². The Morgan fingerprint density at radius 3 is 2.45 bits per heavy atom. The smallest absolute Gasteiger partial charge is 0.273 e. The number of amides is 1. The van der Waals surface area contributed by atoms with Crippen LogP contribution in [0.25, 0.3) is 0 Å². The number of carbonyl (C=O) groups excluding carboxylic acids is 1. The van der Waals surface area contributed by atoms with Crippen molar-refractivity contribution in [2.45, 2.75) is 38.5 Å². The fourth-order valence-electron chi connectivity index (χ4n) is 4.04. The molecule has 3 fully saturated rings. The molecule has 4 rings (SSSR count). The van der Waals surface area contributed by atoms with Crippen molar-refractivity contribution < 1.29 is 4.79 Å². The van der Waals surface area contributed by atoms with Gasteiger partial charge in [0.25, 0.3) is 5.91 Å². The Morgan fingerprint density at radius 2 is 1.86 bits per heavy atom. The zero-order valence-electron chi connectivity index (χ0n) is 13.2. The molecule has 1 amide bonds. The molecule has 1 aromatic rings. The van der Waals surface area contributed by atoms with Crippen LogP contribution in [0.1, 0.15) is 49.0 Å². The van der Waals surface area contributed by atoms with Crippen molar-refractivity contribution in [3.8, 4) is 0 Å². The minimum Gasteiger partial charge on any atom is -0.337 e. The summed E-state index contributed by atoms with van der Waals surface area (Å²) in [6.45, 7) is 5.72. The third-order valence-corrected chi connectivity index (χ3v) is 6.48. The van der Waals surface area contributed by atoms with E-state index in [-0.39, 0.29) is 5.91 Å². The van der Waals surface area contributed by atoms with Gasteiger partial charge in [-0.2, -0.15) is 0 Å². The molecule has 0 N–H and O–H groups in total. The first kappa shape index (κ1) is 14.6. The monoisotopic (exact) mass is 319 g/mol. The van der Waals surface area contributed by atoms with E-state index in [4.69, 9.17) is 0 Å². The maximum absolute atomic E-state index is 12.4. The van der Waals surface area contributed by atoms with Gasteiger partial charge in [-0.3, -0.25) is 4.79 Å². The first-order valence-electron chi connectivity index (χ1n) is 8.64. The van der Waals surface area contributed by atoms with E-state index in [9.17, 15) is 4.79 Å². The normalized spacial score (nSPS) is 25.5. The predicted molar refractivity (Wildman–Crippen MR) is 88.1 cm³/mol.